The van der Waals surface area contributed by atoms with Crippen molar-refractivity contribution in [3.8, 4) is 23.0 Å². The predicted octanol–water partition coefficient (Wildman–Crippen LogP) is 5.37. The number of nitrogens with zero attached hydrogens (tertiary/aromatic N) is 2. The van der Waals surface area contributed by atoms with E-state index < -0.39 is 12.0 Å². The zero-order valence-corrected chi connectivity index (χ0v) is 27.6. The summed E-state index contributed by atoms with van der Waals surface area (Å²) in [5, 5.41) is 0.619. The molecule has 6 rings (SSSR count). The maximum Gasteiger partial charge on any atom is 0.338 e. The number of esters is 1. The number of benzene rings is 3. The number of rotatable bonds is 8. The van der Waals surface area contributed by atoms with Gasteiger partial charge in [-0.25, -0.2) is 9.79 Å². The standard InChI is InChI=1S/C32H26ClIN2O7S/c1-4-40-31(38)27-17(2)35-32-36(28(27)19-9-10-23-24(14-19)43-16-42-23)30(37)26(44-32)13-18-11-22(34)29(25(12-18)39-3)41-15-20-7-5-6-8-21(20)33/h5-14,28H,4,15-16H2,1-3H3/t28-/m1/s1. The first-order chi connectivity index (χ1) is 21.3. The van der Waals surface area contributed by atoms with Crippen LogP contribution in [0, 0.1) is 3.57 Å². The maximum atomic E-state index is 14.0. The van der Waals surface area contributed by atoms with E-state index in [9.17, 15) is 9.59 Å². The summed E-state index contributed by atoms with van der Waals surface area (Å²) < 4.78 is 31.0. The largest absolute Gasteiger partial charge is 0.493 e. The van der Waals surface area contributed by atoms with Crippen LogP contribution in [-0.2, 0) is 16.1 Å². The highest BCUT2D eigenvalue weighted by atomic mass is 127. The number of carbonyl (C=O) groups excluding carboxylic acids is 1. The molecule has 44 heavy (non-hydrogen) atoms. The van der Waals surface area contributed by atoms with E-state index in [2.05, 4.69) is 27.6 Å². The monoisotopic (exact) mass is 744 g/mol. The number of thiazole rings is 1. The zero-order valence-electron chi connectivity index (χ0n) is 23.9. The van der Waals surface area contributed by atoms with E-state index >= 15 is 0 Å². The summed E-state index contributed by atoms with van der Waals surface area (Å²) in [6.07, 6.45) is 1.78. The SMILES string of the molecule is CCOC(=O)C1=C(C)N=c2sc(=Cc3cc(I)c(OCc4ccccc4Cl)c(OC)c3)c(=O)n2[C@@H]1c1ccc2c(c1)OCO2. The van der Waals surface area contributed by atoms with E-state index in [0.717, 1.165) is 14.7 Å². The fourth-order valence-electron chi connectivity index (χ4n) is 5.07. The summed E-state index contributed by atoms with van der Waals surface area (Å²) in [7, 11) is 1.57. The van der Waals surface area contributed by atoms with Crippen LogP contribution in [0.1, 0.15) is 36.6 Å². The number of carbonyl (C=O) groups is 1. The Morgan fingerprint density at radius 1 is 1.18 bits per heavy atom. The van der Waals surface area contributed by atoms with E-state index in [-0.39, 0.29) is 25.6 Å². The lowest BCUT2D eigenvalue weighted by atomic mass is 9.95. The molecule has 3 heterocycles. The fourth-order valence-corrected chi connectivity index (χ4v) is 7.09. The molecule has 0 radical (unpaired) electrons. The molecule has 0 fully saturated rings. The van der Waals surface area contributed by atoms with Crippen LogP contribution in [0.5, 0.6) is 23.0 Å². The molecule has 226 valence electrons. The average Bonchev–Trinajstić information content (AvgIpc) is 3.60. The highest BCUT2D eigenvalue weighted by Crippen LogP contribution is 2.38. The Morgan fingerprint density at radius 2 is 1.98 bits per heavy atom. The van der Waals surface area contributed by atoms with Gasteiger partial charge in [-0.2, -0.15) is 0 Å². The Labute approximate surface area is 275 Å². The van der Waals surface area contributed by atoms with Crippen molar-refractivity contribution in [2.24, 2.45) is 4.99 Å². The summed E-state index contributed by atoms with van der Waals surface area (Å²) in [6, 6.07) is 15.8. The third kappa shape index (κ3) is 5.71. The lowest BCUT2D eigenvalue weighted by Gasteiger charge is -2.24. The molecular weight excluding hydrogens is 719 g/mol. The first-order valence-corrected chi connectivity index (χ1v) is 15.9. The van der Waals surface area contributed by atoms with Gasteiger partial charge in [-0.1, -0.05) is 47.2 Å². The molecule has 0 N–H and O–H groups in total. The van der Waals surface area contributed by atoms with Gasteiger partial charge in [-0.3, -0.25) is 9.36 Å². The average molecular weight is 745 g/mol. The van der Waals surface area contributed by atoms with Crippen LogP contribution in [0.15, 0.2) is 75.7 Å². The topological polar surface area (TPSA) is 97.6 Å². The minimum atomic E-state index is -0.766. The van der Waals surface area contributed by atoms with Crippen molar-refractivity contribution in [3.63, 3.8) is 0 Å². The molecule has 1 aromatic heterocycles. The van der Waals surface area contributed by atoms with Crippen molar-refractivity contribution in [3.05, 3.63) is 111 Å². The number of methoxy groups -OCH3 is 1. The Balaban J connectivity index is 1.42. The minimum absolute atomic E-state index is 0.104. The normalized spacial score (nSPS) is 15.6. The number of allylic oxidation sites excluding steroid dienone is 1. The van der Waals surface area contributed by atoms with Gasteiger partial charge in [0.2, 0.25) is 6.79 Å². The van der Waals surface area contributed by atoms with Gasteiger partial charge < -0.3 is 23.7 Å². The molecule has 0 bridgehead atoms. The lowest BCUT2D eigenvalue weighted by Crippen LogP contribution is -2.39. The van der Waals surface area contributed by atoms with Gasteiger partial charge in [0, 0.05) is 10.6 Å². The summed E-state index contributed by atoms with van der Waals surface area (Å²) in [5.74, 6) is 1.70. The number of hydrogen-bond acceptors (Lipinski definition) is 9. The van der Waals surface area contributed by atoms with Crippen LogP contribution >= 0.6 is 45.5 Å². The second-order valence-electron chi connectivity index (χ2n) is 9.83. The number of ether oxygens (including phenoxy) is 5. The van der Waals surface area contributed by atoms with Crippen LogP contribution < -0.4 is 33.8 Å². The molecule has 12 heteroatoms. The molecule has 0 saturated carbocycles. The third-order valence-electron chi connectivity index (χ3n) is 7.11. The fraction of sp³-hybridized carbons (Fsp3) is 0.219. The van der Waals surface area contributed by atoms with Gasteiger partial charge in [0.15, 0.2) is 27.8 Å². The molecule has 4 aromatic rings. The number of aromatic nitrogens is 1. The van der Waals surface area contributed by atoms with Crippen molar-refractivity contribution in [1.29, 1.82) is 0 Å². The van der Waals surface area contributed by atoms with Crippen LogP contribution in [-0.4, -0.2) is 31.0 Å². The van der Waals surface area contributed by atoms with E-state index in [1.54, 1.807) is 39.2 Å². The lowest BCUT2D eigenvalue weighted by molar-refractivity contribution is -0.139. The van der Waals surface area contributed by atoms with Gasteiger partial charge in [-0.15, -0.1) is 0 Å². The molecule has 0 spiro atoms. The summed E-state index contributed by atoms with van der Waals surface area (Å²) in [6.45, 7) is 4.05. The Hall–Kier alpha value is -3.81. The Bertz CT molecular complexity index is 2000. The summed E-state index contributed by atoms with van der Waals surface area (Å²) in [4.78, 5) is 32.4. The van der Waals surface area contributed by atoms with Crippen molar-refractivity contribution in [2.75, 3.05) is 20.5 Å². The highest BCUT2D eigenvalue weighted by Gasteiger charge is 2.34. The zero-order chi connectivity index (χ0) is 31.0. The van der Waals surface area contributed by atoms with Gasteiger partial charge >= 0.3 is 5.97 Å². The summed E-state index contributed by atoms with van der Waals surface area (Å²) in [5.41, 5.74) is 2.75. The molecular formula is C32H26ClIN2O7S. The van der Waals surface area contributed by atoms with E-state index in [4.69, 9.17) is 35.3 Å². The van der Waals surface area contributed by atoms with Crippen LogP contribution in [0.3, 0.4) is 0 Å². The molecule has 0 amide bonds. The van der Waals surface area contributed by atoms with Gasteiger partial charge in [0.25, 0.3) is 5.56 Å². The molecule has 2 aliphatic heterocycles. The number of halogens is 2. The van der Waals surface area contributed by atoms with Crippen molar-refractivity contribution in [2.45, 2.75) is 26.5 Å². The Kier molecular flexibility index (Phi) is 8.70. The second-order valence-corrected chi connectivity index (χ2v) is 12.4. The van der Waals surface area contributed by atoms with E-state index in [1.807, 2.05) is 42.5 Å². The molecule has 1 atom stereocenters. The third-order valence-corrected chi connectivity index (χ3v) is 9.26. The van der Waals surface area contributed by atoms with Gasteiger partial charge in [-0.05, 0) is 84.0 Å². The van der Waals surface area contributed by atoms with Crippen LogP contribution in [0.25, 0.3) is 6.08 Å². The van der Waals surface area contributed by atoms with E-state index in [1.165, 1.54) is 15.9 Å². The molecule has 2 aliphatic rings. The minimum Gasteiger partial charge on any atom is -0.493 e. The smallest absolute Gasteiger partial charge is 0.338 e. The number of hydrogen-bond donors (Lipinski definition) is 0. The maximum absolute atomic E-state index is 14.0. The Morgan fingerprint density at radius 3 is 2.75 bits per heavy atom. The molecule has 3 aromatic carbocycles. The first-order valence-electron chi connectivity index (χ1n) is 13.6. The van der Waals surface area contributed by atoms with Crippen LogP contribution in [0.2, 0.25) is 5.02 Å². The summed E-state index contributed by atoms with van der Waals surface area (Å²) >= 11 is 9.73. The van der Waals surface area contributed by atoms with Gasteiger partial charge in [0.05, 0.1) is 39.1 Å². The molecule has 0 aliphatic carbocycles. The van der Waals surface area contributed by atoms with Crippen LogP contribution in [0.4, 0.5) is 0 Å². The van der Waals surface area contributed by atoms with Crippen molar-refractivity contribution < 1.29 is 28.5 Å². The quantitative estimate of drug-likeness (QED) is 0.177. The molecule has 0 saturated heterocycles. The van der Waals surface area contributed by atoms with E-state index in [0.29, 0.717) is 54.2 Å². The van der Waals surface area contributed by atoms with Crippen molar-refractivity contribution in [1.82, 2.24) is 4.57 Å². The van der Waals surface area contributed by atoms with Crippen molar-refractivity contribution >= 4 is 57.6 Å². The molecule has 9 nitrogen and oxygen atoms in total. The second kappa shape index (κ2) is 12.7. The van der Waals surface area contributed by atoms with Gasteiger partial charge in [0.1, 0.15) is 6.61 Å². The predicted molar refractivity (Wildman–Crippen MR) is 174 cm³/mol. The first kappa shape index (κ1) is 30.2. The molecule has 0 unspecified atom stereocenters. The highest BCUT2D eigenvalue weighted by molar-refractivity contribution is 14.1. The number of fused-ring (bicyclic) bond motifs is 2.